The average Bonchev–Trinajstić information content (AvgIpc) is 2.09. The van der Waals surface area contributed by atoms with Crippen molar-refractivity contribution in [2.24, 2.45) is 0 Å². The Balaban J connectivity index is 0.00000121. The van der Waals surface area contributed by atoms with Gasteiger partial charge in [-0.25, -0.2) is 9.67 Å². The number of halogens is 1. The van der Waals surface area contributed by atoms with Crippen LogP contribution in [0.4, 0.5) is 0 Å². The normalized spacial score (nSPS) is 9.17. The quantitative estimate of drug-likeness (QED) is 0.735. The molecule has 1 rings (SSSR count). The van der Waals surface area contributed by atoms with Gasteiger partial charge in [0.15, 0.2) is 0 Å². The Morgan fingerprint density at radius 3 is 2.50 bits per heavy atom. The molecule has 0 aliphatic carbocycles. The molecule has 0 aliphatic rings. The van der Waals surface area contributed by atoms with Gasteiger partial charge in [-0.2, -0.15) is 5.10 Å². The maximum Gasteiger partial charge on any atom is 0.325 e. The predicted molar refractivity (Wildman–Crippen MR) is 44.4 cm³/mol. The van der Waals surface area contributed by atoms with E-state index in [1.807, 2.05) is 0 Å². The Morgan fingerprint density at radius 2 is 2.17 bits per heavy atom. The van der Waals surface area contributed by atoms with Crippen LogP contribution in [0.25, 0.3) is 0 Å². The van der Waals surface area contributed by atoms with E-state index in [9.17, 15) is 4.79 Å². The molecule has 0 amide bonds. The van der Waals surface area contributed by atoms with Crippen molar-refractivity contribution in [2.75, 3.05) is 0 Å². The van der Waals surface area contributed by atoms with Crippen molar-refractivity contribution in [3.63, 3.8) is 0 Å². The summed E-state index contributed by atoms with van der Waals surface area (Å²) in [4.78, 5) is 14.2. The van der Waals surface area contributed by atoms with Gasteiger partial charge < -0.3 is 5.11 Å². The number of nitrogens with zero attached hydrogens (tertiary/aromatic N) is 3. The van der Waals surface area contributed by atoms with Gasteiger partial charge in [-0.1, -0.05) is 0 Å². The summed E-state index contributed by atoms with van der Waals surface area (Å²) in [5.74, 6) is 0.326. The molecule has 0 unspecified atom stereocenters. The topological polar surface area (TPSA) is 68.0 Å². The van der Waals surface area contributed by atoms with Gasteiger partial charge in [-0.05, 0) is 13.8 Å². The van der Waals surface area contributed by atoms with E-state index in [-0.39, 0.29) is 19.0 Å². The number of carboxylic acid groups (broad SMARTS) is 1. The van der Waals surface area contributed by atoms with E-state index in [1.165, 1.54) is 4.68 Å². The molecule has 1 N–H and O–H groups in total. The standard InChI is InChI=1S/C6H9N3O2.ClH/c1-4-7-5(2)9(8-4)3-6(10)11;/h3H2,1-2H3,(H,10,11);1H. The number of hydrogen-bond donors (Lipinski definition) is 1. The lowest BCUT2D eigenvalue weighted by Gasteiger charge is -1.95. The lowest BCUT2D eigenvalue weighted by Crippen LogP contribution is -2.11. The molecular weight excluding hydrogens is 182 g/mol. The molecule has 0 saturated carbocycles. The predicted octanol–water partition coefficient (Wildman–Crippen LogP) is 0.401. The van der Waals surface area contributed by atoms with E-state index in [1.54, 1.807) is 13.8 Å². The molecule has 6 heteroatoms. The van der Waals surface area contributed by atoms with E-state index < -0.39 is 5.97 Å². The lowest BCUT2D eigenvalue weighted by molar-refractivity contribution is -0.137. The van der Waals surface area contributed by atoms with Crippen LogP contribution in [-0.2, 0) is 11.3 Å². The Kier molecular flexibility index (Phi) is 3.69. The van der Waals surface area contributed by atoms with Gasteiger partial charge in [-0.15, -0.1) is 12.4 Å². The molecule has 5 nitrogen and oxygen atoms in total. The smallest absolute Gasteiger partial charge is 0.325 e. The molecule has 0 bridgehead atoms. The van der Waals surface area contributed by atoms with Gasteiger partial charge in [0.2, 0.25) is 0 Å². The van der Waals surface area contributed by atoms with E-state index in [4.69, 9.17) is 5.11 Å². The van der Waals surface area contributed by atoms with Crippen LogP contribution in [0.5, 0.6) is 0 Å². The molecule has 0 fully saturated rings. The Labute approximate surface area is 75.8 Å². The summed E-state index contributed by atoms with van der Waals surface area (Å²) >= 11 is 0. The molecule has 0 saturated heterocycles. The molecule has 12 heavy (non-hydrogen) atoms. The second-order valence-corrected chi connectivity index (χ2v) is 2.26. The van der Waals surface area contributed by atoms with Crippen molar-refractivity contribution in [1.29, 1.82) is 0 Å². The zero-order valence-corrected chi connectivity index (χ0v) is 7.63. The molecule has 1 aromatic rings. The summed E-state index contributed by atoms with van der Waals surface area (Å²) in [6.45, 7) is 3.33. The lowest BCUT2D eigenvalue weighted by atomic mass is 10.6. The molecule has 1 heterocycles. The van der Waals surface area contributed by atoms with Crippen LogP contribution in [0.1, 0.15) is 11.6 Å². The summed E-state index contributed by atoms with van der Waals surface area (Å²) in [7, 11) is 0. The average molecular weight is 192 g/mol. The van der Waals surface area contributed by atoms with Crippen LogP contribution >= 0.6 is 12.4 Å². The second-order valence-electron chi connectivity index (χ2n) is 2.26. The minimum absolute atomic E-state index is 0. The van der Waals surface area contributed by atoms with E-state index >= 15 is 0 Å². The fourth-order valence-electron chi connectivity index (χ4n) is 0.839. The molecule has 68 valence electrons. The van der Waals surface area contributed by atoms with Gasteiger partial charge in [0, 0.05) is 0 Å². The first-order valence-corrected chi connectivity index (χ1v) is 3.19. The Morgan fingerprint density at radius 1 is 1.58 bits per heavy atom. The molecule has 0 atom stereocenters. The molecule has 0 spiro atoms. The van der Waals surface area contributed by atoms with Crippen LogP contribution in [0, 0.1) is 13.8 Å². The van der Waals surface area contributed by atoms with E-state index in [0.29, 0.717) is 11.6 Å². The first-order chi connectivity index (χ1) is 5.09. The van der Waals surface area contributed by atoms with Gasteiger partial charge in [0.05, 0.1) is 0 Å². The number of carbonyl (C=O) groups is 1. The van der Waals surface area contributed by atoms with Gasteiger partial charge in [-0.3, -0.25) is 4.79 Å². The summed E-state index contributed by atoms with van der Waals surface area (Å²) in [6.07, 6.45) is 0. The van der Waals surface area contributed by atoms with Crippen LogP contribution in [-0.4, -0.2) is 25.8 Å². The second kappa shape index (κ2) is 4.06. The summed E-state index contributed by atoms with van der Waals surface area (Å²) in [6, 6.07) is 0. The minimum Gasteiger partial charge on any atom is -0.480 e. The zero-order valence-electron chi connectivity index (χ0n) is 6.81. The molecule has 0 aromatic carbocycles. The number of aliphatic carboxylic acids is 1. The van der Waals surface area contributed by atoms with Gasteiger partial charge in [0.25, 0.3) is 0 Å². The highest BCUT2D eigenvalue weighted by Crippen LogP contribution is 1.94. The highest BCUT2D eigenvalue weighted by molar-refractivity contribution is 5.85. The third-order valence-corrected chi connectivity index (χ3v) is 1.25. The summed E-state index contributed by atoms with van der Waals surface area (Å²) < 4.78 is 1.36. The number of rotatable bonds is 2. The number of aryl methyl sites for hydroxylation is 2. The monoisotopic (exact) mass is 191 g/mol. The Hall–Kier alpha value is -1.10. The zero-order chi connectivity index (χ0) is 8.43. The highest BCUT2D eigenvalue weighted by atomic mass is 35.5. The SMILES string of the molecule is Cc1nc(C)n(CC(=O)O)n1.Cl. The van der Waals surface area contributed by atoms with Gasteiger partial charge >= 0.3 is 5.97 Å². The summed E-state index contributed by atoms with van der Waals surface area (Å²) in [5, 5.41) is 12.3. The fraction of sp³-hybridized carbons (Fsp3) is 0.500. The fourth-order valence-corrected chi connectivity index (χ4v) is 0.839. The third kappa shape index (κ3) is 2.50. The van der Waals surface area contributed by atoms with Crippen LogP contribution in [0.15, 0.2) is 0 Å². The molecular formula is C6H10ClN3O2. The van der Waals surface area contributed by atoms with E-state index in [2.05, 4.69) is 10.1 Å². The molecule has 0 aliphatic heterocycles. The number of hydrogen-bond acceptors (Lipinski definition) is 3. The number of carboxylic acids is 1. The van der Waals surface area contributed by atoms with Crippen molar-refractivity contribution in [3.8, 4) is 0 Å². The van der Waals surface area contributed by atoms with Crippen molar-refractivity contribution >= 4 is 18.4 Å². The third-order valence-electron chi connectivity index (χ3n) is 1.25. The van der Waals surface area contributed by atoms with Crippen molar-refractivity contribution < 1.29 is 9.90 Å². The largest absolute Gasteiger partial charge is 0.480 e. The van der Waals surface area contributed by atoms with Crippen LogP contribution < -0.4 is 0 Å². The van der Waals surface area contributed by atoms with Crippen molar-refractivity contribution in [1.82, 2.24) is 14.8 Å². The van der Waals surface area contributed by atoms with Crippen LogP contribution in [0.3, 0.4) is 0 Å². The summed E-state index contributed by atoms with van der Waals surface area (Å²) in [5.41, 5.74) is 0. The van der Waals surface area contributed by atoms with Crippen LogP contribution in [0.2, 0.25) is 0 Å². The minimum atomic E-state index is -0.905. The van der Waals surface area contributed by atoms with Crippen molar-refractivity contribution in [3.05, 3.63) is 11.6 Å². The maximum absolute atomic E-state index is 10.2. The molecule has 0 radical (unpaired) electrons. The highest BCUT2D eigenvalue weighted by Gasteiger charge is 2.04. The Bertz CT molecular complexity index is 284. The maximum atomic E-state index is 10.2. The molecule has 1 aromatic heterocycles. The van der Waals surface area contributed by atoms with E-state index in [0.717, 1.165) is 0 Å². The van der Waals surface area contributed by atoms with Crippen molar-refractivity contribution in [2.45, 2.75) is 20.4 Å². The number of aromatic nitrogens is 3. The van der Waals surface area contributed by atoms with Gasteiger partial charge in [0.1, 0.15) is 18.2 Å². The first kappa shape index (κ1) is 10.9. The first-order valence-electron chi connectivity index (χ1n) is 3.19.